The Balaban J connectivity index is 1.97. The molecule has 1 amide bonds. The summed E-state index contributed by atoms with van der Waals surface area (Å²) in [6.45, 7) is 3.85. The van der Waals surface area contributed by atoms with E-state index >= 15 is 0 Å². The van der Waals surface area contributed by atoms with Gasteiger partial charge in [0.05, 0.1) is 0 Å². The van der Waals surface area contributed by atoms with Crippen LogP contribution in [0.1, 0.15) is 23.1 Å². The normalized spacial score (nSPS) is 16.8. The van der Waals surface area contributed by atoms with Crippen LogP contribution in [-0.2, 0) is 4.79 Å². The Labute approximate surface area is 134 Å². The topological polar surface area (TPSA) is 75.1 Å². The Morgan fingerprint density at radius 3 is 2.57 bits per heavy atom. The van der Waals surface area contributed by atoms with E-state index < -0.39 is 12.0 Å². The van der Waals surface area contributed by atoms with Gasteiger partial charge in [-0.25, -0.2) is 9.97 Å². The first-order valence-corrected chi connectivity index (χ1v) is 7.87. The van der Waals surface area contributed by atoms with Crippen LogP contribution in [0.15, 0.2) is 32.7 Å². The van der Waals surface area contributed by atoms with Gasteiger partial charge in [-0.3, -0.25) is 4.79 Å². The zero-order valence-electron chi connectivity index (χ0n) is 11.3. The van der Waals surface area contributed by atoms with Gasteiger partial charge in [0.1, 0.15) is 0 Å². The maximum Gasteiger partial charge on any atom is 0.257 e. The number of carbonyl (C=O) groups excluding carboxylic acids is 1. The van der Waals surface area contributed by atoms with Crippen LogP contribution in [0, 0.1) is 13.8 Å². The average Bonchev–Trinajstić information content (AvgIpc) is 2.65. The molecule has 5 nitrogen and oxygen atoms in total. The first-order valence-electron chi connectivity index (χ1n) is 6.26. The number of aliphatic hydroxyl groups is 1. The van der Waals surface area contributed by atoms with Gasteiger partial charge in [-0.15, -0.1) is 0 Å². The summed E-state index contributed by atoms with van der Waals surface area (Å²) in [5.74, 6) is -0.401. The second-order valence-electron chi connectivity index (χ2n) is 4.80. The summed E-state index contributed by atoms with van der Waals surface area (Å²) >= 11 is 4.87. The Morgan fingerprint density at radius 2 is 1.90 bits per heavy atom. The van der Waals surface area contributed by atoms with Gasteiger partial charge in [0, 0.05) is 32.0 Å². The van der Waals surface area contributed by atoms with Crippen LogP contribution >= 0.6 is 27.7 Å². The number of benzene rings is 1. The monoisotopic (exact) mass is 365 g/mol. The van der Waals surface area contributed by atoms with E-state index in [-0.39, 0.29) is 0 Å². The van der Waals surface area contributed by atoms with E-state index in [1.807, 2.05) is 26.0 Å². The van der Waals surface area contributed by atoms with E-state index in [1.165, 1.54) is 11.8 Å². The molecule has 1 aromatic carbocycles. The van der Waals surface area contributed by atoms with Crippen molar-refractivity contribution < 1.29 is 9.90 Å². The van der Waals surface area contributed by atoms with E-state index in [0.717, 1.165) is 20.8 Å². The summed E-state index contributed by atoms with van der Waals surface area (Å²) in [5, 5.41) is 13.1. The molecule has 0 saturated heterocycles. The van der Waals surface area contributed by atoms with Gasteiger partial charge >= 0.3 is 0 Å². The Kier molecular flexibility index (Phi) is 3.73. The van der Waals surface area contributed by atoms with Crippen molar-refractivity contribution in [1.82, 2.24) is 9.97 Å². The molecule has 108 valence electrons. The fourth-order valence-corrected chi connectivity index (χ4v) is 3.67. The highest BCUT2D eigenvalue weighted by molar-refractivity contribution is 9.10. The van der Waals surface area contributed by atoms with Crippen molar-refractivity contribution in [1.29, 1.82) is 0 Å². The van der Waals surface area contributed by atoms with E-state index in [1.54, 1.807) is 6.07 Å². The van der Waals surface area contributed by atoms with Crippen LogP contribution in [0.2, 0.25) is 0 Å². The molecule has 1 aromatic heterocycles. The Bertz CT molecular complexity index is 731. The lowest BCUT2D eigenvalue weighted by Crippen LogP contribution is -2.10. The molecule has 0 saturated carbocycles. The summed E-state index contributed by atoms with van der Waals surface area (Å²) in [4.78, 5) is 21.2. The van der Waals surface area contributed by atoms with Gasteiger partial charge in [0.15, 0.2) is 11.3 Å². The standard InChI is InChI=1S/C14H12BrN3O2S/c1-6-3-7(2)17-14(16-6)21-11-5-10-8(4-9(11)15)12(19)13(20)18-10/h3-5,12,19H,1-2H3,(H,18,20). The molecule has 0 radical (unpaired) electrons. The van der Waals surface area contributed by atoms with Gasteiger partial charge in [-0.1, -0.05) is 0 Å². The summed E-state index contributed by atoms with van der Waals surface area (Å²) in [6.07, 6.45) is -1.10. The number of anilines is 1. The largest absolute Gasteiger partial charge is 0.378 e. The number of hydrogen-bond donors (Lipinski definition) is 2. The number of halogens is 1. The van der Waals surface area contributed by atoms with Crippen LogP contribution in [0.3, 0.4) is 0 Å². The first-order chi connectivity index (χ1) is 9.94. The van der Waals surface area contributed by atoms with Crippen LogP contribution in [-0.4, -0.2) is 21.0 Å². The minimum Gasteiger partial charge on any atom is -0.378 e. The van der Waals surface area contributed by atoms with Gasteiger partial charge in [-0.2, -0.15) is 0 Å². The number of fused-ring (bicyclic) bond motifs is 1. The van der Waals surface area contributed by atoms with E-state index in [0.29, 0.717) is 16.4 Å². The number of nitrogens with zero attached hydrogens (tertiary/aromatic N) is 2. The number of carbonyl (C=O) groups is 1. The Hall–Kier alpha value is -1.44. The van der Waals surface area contributed by atoms with Gasteiger partial charge in [-0.05, 0) is 59.7 Å². The molecular formula is C14H12BrN3O2S. The molecule has 1 aliphatic rings. The molecule has 0 bridgehead atoms. The zero-order valence-corrected chi connectivity index (χ0v) is 13.7. The molecule has 0 aliphatic carbocycles. The number of rotatable bonds is 2. The minimum absolute atomic E-state index is 0.401. The van der Waals surface area contributed by atoms with Crippen molar-refractivity contribution in [2.24, 2.45) is 0 Å². The highest BCUT2D eigenvalue weighted by Gasteiger charge is 2.29. The summed E-state index contributed by atoms with van der Waals surface area (Å²) in [6, 6.07) is 5.49. The second-order valence-corrected chi connectivity index (χ2v) is 6.66. The lowest BCUT2D eigenvalue weighted by Gasteiger charge is -2.08. The lowest BCUT2D eigenvalue weighted by atomic mass is 10.1. The van der Waals surface area contributed by atoms with Crippen LogP contribution in [0.5, 0.6) is 0 Å². The van der Waals surface area contributed by atoms with Crippen molar-refractivity contribution in [2.45, 2.75) is 30.0 Å². The van der Waals surface area contributed by atoms with Crippen molar-refractivity contribution in [3.05, 3.63) is 39.6 Å². The van der Waals surface area contributed by atoms with Crippen molar-refractivity contribution >= 4 is 39.3 Å². The van der Waals surface area contributed by atoms with E-state index in [9.17, 15) is 9.90 Å². The molecular weight excluding hydrogens is 354 g/mol. The smallest absolute Gasteiger partial charge is 0.257 e. The Morgan fingerprint density at radius 1 is 1.24 bits per heavy atom. The number of aryl methyl sites for hydroxylation is 2. The van der Waals surface area contributed by atoms with Gasteiger partial charge < -0.3 is 10.4 Å². The van der Waals surface area contributed by atoms with Crippen molar-refractivity contribution in [3.63, 3.8) is 0 Å². The maximum atomic E-state index is 11.5. The zero-order chi connectivity index (χ0) is 15.1. The highest BCUT2D eigenvalue weighted by Crippen LogP contribution is 2.40. The molecule has 2 heterocycles. The van der Waals surface area contributed by atoms with Crippen LogP contribution in [0.4, 0.5) is 5.69 Å². The molecule has 21 heavy (non-hydrogen) atoms. The molecule has 1 aliphatic heterocycles. The second kappa shape index (κ2) is 5.40. The first kappa shape index (κ1) is 14.5. The van der Waals surface area contributed by atoms with Gasteiger partial charge in [0.25, 0.3) is 5.91 Å². The van der Waals surface area contributed by atoms with Gasteiger partial charge in [0.2, 0.25) is 0 Å². The van der Waals surface area contributed by atoms with Crippen molar-refractivity contribution in [2.75, 3.05) is 5.32 Å². The van der Waals surface area contributed by atoms with E-state index in [4.69, 9.17) is 0 Å². The summed E-state index contributed by atoms with van der Waals surface area (Å²) < 4.78 is 0.796. The third kappa shape index (κ3) is 2.81. The fraction of sp³-hybridized carbons (Fsp3) is 0.214. The third-order valence-electron chi connectivity index (χ3n) is 3.07. The molecule has 0 fully saturated rings. The number of aliphatic hydroxyl groups excluding tert-OH is 1. The molecule has 1 atom stereocenters. The maximum absolute atomic E-state index is 11.5. The van der Waals surface area contributed by atoms with E-state index in [2.05, 4.69) is 31.2 Å². The quantitative estimate of drug-likeness (QED) is 0.800. The number of nitrogens with one attached hydrogen (secondary N) is 1. The number of hydrogen-bond acceptors (Lipinski definition) is 5. The molecule has 2 N–H and O–H groups in total. The molecule has 0 spiro atoms. The molecule has 1 unspecified atom stereocenters. The summed E-state index contributed by atoms with van der Waals surface area (Å²) in [5.41, 5.74) is 3.03. The van der Waals surface area contributed by atoms with Crippen molar-refractivity contribution in [3.8, 4) is 0 Å². The number of aromatic nitrogens is 2. The molecule has 7 heteroatoms. The van der Waals surface area contributed by atoms with Crippen LogP contribution < -0.4 is 5.32 Å². The predicted molar refractivity (Wildman–Crippen MR) is 83.4 cm³/mol. The number of amides is 1. The fourth-order valence-electron chi connectivity index (χ4n) is 2.16. The SMILES string of the molecule is Cc1cc(C)nc(Sc2cc3c(cc2Br)C(O)C(=O)N3)n1. The predicted octanol–water partition coefficient (Wildman–Crippen LogP) is 2.99. The minimum atomic E-state index is -1.10. The average molecular weight is 366 g/mol. The highest BCUT2D eigenvalue weighted by atomic mass is 79.9. The lowest BCUT2D eigenvalue weighted by molar-refractivity contribution is -0.123. The summed E-state index contributed by atoms with van der Waals surface area (Å²) in [7, 11) is 0. The molecule has 2 aromatic rings. The molecule has 3 rings (SSSR count). The third-order valence-corrected chi connectivity index (χ3v) is 4.91. The van der Waals surface area contributed by atoms with Crippen LogP contribution in [0.25, 0.3) is 0 Å².